The van der Waals surface area contributed by atoms with Gasteiger partial charge < -0.3 is 9.84 Å². The Balaban J connectivity index is 2.99. The molecule has 118 valence electrons. The van der Waals surface area contributed by atoms with Gasteiger partial charge in [0.05, 0.1) is 12.2 Å². The molecule has 0 heterocycles. The van der Waals surface area contributed by atoms with Gasteiger partial charge in [-0.25, -0.2) is 4.79 Å². The van der Waals surface area contributed by atoms with Crippen molar-refractivity contribution >= 4 is 12.0 Å². The van der Waals surface area contributed by atoms with Crippen molar-refractivity contribution in [1.29, 1.82) is 0 Å². The summed E-state index contributed by atoms with van der Waals surface area (Å²) >= 11 is 0. The first-order valence-corrected chi connectivity index (χ1v) is 6.43. The minimum atomic E-state index is -4.50. The number of hydrogen-bond donors (Lipinski definition) is 1. The molecule has 0 aromatic heterocycles. The van der Waals surface area contributed by atoms with Gasteiger partial charge in [0.2, 0.25) is 0 Å². The van der Waals surface area contributed by atoms with E-state index in [0.717, 1.165) is 18.2 Å². The lowest BCUT2D eigenvalue weighted by atomic mass is 10.0. The lowest BCUT2D eigenvalue weighted by molar-refractivity contribution is -0.138. The third kappa shape index (κ3) is 5.62. The second-order valence-corrected chi connectivity index (χ2v) is 4.54. The standard InChI is InChI=1S/C16H15F3O3/c1-3-22-14(20)9-11-15(2,21)10-8-12-6-4-5-7-13(12)16(17,18)19/h4-8,10,21H,3H2,1-2H3/b10-8+. The second-order valence-electron chi connectivity index (χ2n) is 4.54. The highest BCUT2D eigenvalue weighted by molar-refractivity contribution is 5.88. The molecule has 22 heavy (non-hydrogen) atoms. The Hall–Kier alpha value is -2.26. The normalized spacial score (nSPS) is 14.1. The van der Waals surface area contributed by atoms with Crippen LogP contribution in [0.3, 0.4) is 0 Å². The zero-order chi connectivity index (χ0) is 16.8. The monoisotopic (exact) mass is 312 g/mol. The van der Waals surface area contributed by atoms with Gasteiger partial charge in [0.25, 0.3) is 0 Å². The molecule has 1 atom stereocenters. The predicted molar refractivity (Wildman–Crippen MR) is 75.5 cm³/mol. The van der Waals surface area contributed by atoms with Crippen LogP contribution in [0.1, 0.15) is 25.0 Å². The summed E-state index contributed by atoms with van der Waals surface area (Å²) in [6, 6.07) is 4.94. The molecule has 6 heteroatoms. The van der Waals surface area contributed by atoms with Crippen LogP contribution in [0.4, 0.5) is 13.2 Å². The van der Waals surface area contributed by atoms with Gasteiger partial charge in [-0.1, -0.05) is 30.2 Å². The summed E-state index contributed by atoms with van der Waals surface area (Å²) in [5.41, 5.74) is -2.68. The van der Waals surface area contributed by atoms with E-state index in [4.69, 9.17) is 0 Å². The number of rotatable bonds is 3. The number of aliphatic hydroxyl groups is 1. The summed E-state index contributed by atoms with van der Waals surface area (Å²) in [6.07, 6.45) is -2.30. The highest BCUT2D eigenvalue weighted by Crippen LogP contribution is 2.32. The third-order valence-electron chi connectivity index (χ3n) is 2.55. The maximum atomic E-state index is 12.8. The summed E-state index contributed by atoms with van der Waals surface area (Å²) in [5, 5.41) is 9.94. The smallest absolute Gasteiger partial charge is 0.416 e. The first-order chi connectivity index (χ1) is 10.2. The minimum absolute atomic E-state index is 0.104. The molecule has 1 aromatic rings. The summed E-state index contributed by atoms with van der Waals surface area (Å²) in [6.45, 7) is 3.00. The fourth-order valence-corrected chi connectivity index (χ4v) is 1.54. The Morgan fingerprint density at radius 2 is 2.00 bits per heavy atom. The van der Waals surface area contributed by atoms with E-state index in [1.165, 1.54) is 25.1 Å². The molecule has 1 N–H and O–H groups in total. The fourth-order valence-electron chi connectivity index (χ4n) is 1.54. The van der Waals surface area contributed by atoms with Crippen LogP contribution in [-0.4, -0.2) is 23.3 Å². The zero-order valence-electron chi connectivity index (χ0n) is 12.1. The van der Waals surface area contributed by atoms with Crippen molar-refractivity contribution in [2.24, 2.45) is 0 Å². The van der Waals surface area contributed by atoms with Gasteiger partial charge in [-0.05, 0) is 31.6 Å². The average Bonchev–Trinajstić information content (AvgIpc) is 2.43. The van der Waals surface area contributed by atoms with E-state index in [1.807, 2.05) is 0 Å². The van der Waals surface area contributed by atoms with Crippen molar-refractivity contribution < 1.29 is 27.8 Å². The molecule has 0 saturated carbocycles. The Kier molecular flexibility index (Phi) is 5.77. The van der Waals surface area contributed by atoms with Crippen LogP contribution in [0.15, 0.2) is 30.3 Å². The lowest BCUT2D eigenvalue weighted by Gasteiger charge is -2.12. The van der Waals surface area contributed by atoms with Crippen LogP contribution < -0.4 is 0 Å². The maximum Gasteiger partial charge on any atom is 0.416 e. The second kappa shape index (κ2) is 7.14. The lowest BCUT2D eigenvalue weighted by Crippen LogP contribution is -2.18. The molecule has 0 fully saturated rings. The van der Waals surface area contributed by atoms with Crippen LogP contribution in [0, 0.1) is 11.8 Å². The Bertz CT molecular complexity index is 620. The van der Waals surface area contributed by atoms with Crippen molar-refractivity contribution in [3.63, 3.8) is 0 Å². The number of hydrogen-bond acceptors (Lipinski definition) is 3. The van der Waals surface area contributed by atoms with Crippen LogP contribution in [0.5, 0.6) is 0 Å². The van der Waals surface area contributed by atoms with E-state index in [0.29, 0.717) is 0 Å². The molecule has 0 amide bonds. The maximum absolute atomic E-state index is 12.8. The first kappa shape index (κ1) is 17.8. The van der Waals surface area contributed by atoms with Gasteiger partial charge in [-0.15, -0.1) is 0 Å². The number of halogens is 3. The molecule has 0 aliphatic carbocycles. The third-order valence-corrected chi connectivity index (χ3v) is 2.55. The van der Waals surface area contributed by atoms with Crippen LogP contribution in [0.2, 0.25) is 0 Å². The molecule has 0 bridgehead atoms. The van der Waals surface area contributed by atoms with Gasteiger partial charge in [0.15, 0.2) is 0 Å². The number of esters is 1. The zero-order valence-corrected chi connectivity index (χ0v) is 12.1. The Morgan fingerprint density at radius 3 is 2.59 bits per heavy atom. The minimum Gasteiger partial charge on any atom is -0.456 e. The largest absolute Gasteiger partial charge is 0.456 e. The van der Waals surface area contributed by atoms with E-state index in [9.17, 15) is 23.1 Å². The Morgan fingerprint density at radius 1 is 1.36 bits per heavy atom. The van der Waals surface area contributed by atoms with E-state index in [-0.39, 0.29) is 12.2 Å². The highest BCUT2D eigenvalue weighted by Gasteiger charge is 2.32. The van der Waals surface area contributed by atoms with E-state index < -0.39 is 23.3 Å². The SMILES string of the molecule is CCOC(=O)C#CC(C)(O)/C=C/c1ccccc1C(F)(F)F. The van der Waals surface area contributed by atoms with Crippen molar-refractivity contribution in [2.45, 2.75) is 25.6 Å². The van der Waals surface area contributed by atoms with E-state index >= 15 is 0 Å². The van der Waals surface area contributed by atoms with Gasteiger partial charge in [0, 0.05) is 5.92 Å². The highest BCUT2D eigenvalue weighted by atomic mass is 19.4. The van der Waals surface area contributed by atoms with E-state index in [2.05, 4.69) is 16.6 Å². The summed E-state index contributed by atoms with van der Waals surface area (Å²) in [4.78, 5) is 11.1. The van der Waals surface area contributed by atoms with Crippen molar-refractivity contribution in [3.05, 3.63) is 41.5 Å². The molecule has 0 spiro atoms. The average molecular weight is 312 g/mol. The molecular weight excluding hydrogens is 297 g/mol. The molecule has 0 saturated heterocycles. The van der Waals surface area contributed by atoms with Gasteiger partial charge in [0.1, 0.15) is 5.60 Å². The Labute approximate surface area is 126 Å². The molecule has 0 radical (unpaired) electrons. The first-order valence-electron chi connectivity index (χ1n) is 6.43. The van der Waals surface area contributed by atoms with Crippen molar-refractivity contribution in [3.8, 4) is 11.8 Å². The molecule has 1 unspecified atom stereocenters. The van der Waals surface area contributed by atoms with Crippen LogP contribution in [-0.2, 0) is 15.7 Å². The van der Waals surface area contributed by atoms with Gasteiger partial charge in [-0.2, -0.15) is 13.2 Å². The van der Waals surface area contributed by atoms with Gasteiger partial charge in [-0.3, -0.25) is 0 Å². The number of ether oxygens (including phenoxy) is 1. The summed E-state index contributed by atoms with van der Waals surface area (Å²) in [7, 11) is 0. The van der Waals surface area contributed by atoms with Gasteiger partial charge >= 0.3 is 12.1 Å². The molecule has 1 aromatic carbocycles. The number of carbonyl (C=O) groups excluding carboxylic acids is 1. The van der Waals surface area contributed by atoms with Crippen molar-refractivity contribution in [2.75, 3.05) is 6.61 Å². The number of carbonyl (C=O) groups is 1. The van der Waals surface area contributed by atoms with Crippen LogP contribution in [0.25, 0.3) is 6.08 Å². The topological polar surface area (TPSA) is 46.5 Å². The predicted octanol–water partition coefficient (Wildman–Crippen LogP) is 3.04. The fraction of sp³-hybridized carbons (Fsp3) is 0.312. The summed E-state index contributed by atoms with van der Waals surface area (Å²) < 4.78 is 43.0. The molecule has 3 nitrogen and oxygen atoms in total. The molecule has 0 aliphatic rings. The number of benzene rings is 1. The number of alkyl halides is 3. The van der Waals surface area contributed by atoms with Crippen molar-refractivity contribution in [1.82, 2.24) is 0 Å². The summed E-state index contributed by atoms with van der Waals surface area (Å²) in [5.74, 6) is 3.49. The molecule has 0 aliphatic heterocycles. The van der Waals surface area contributed by atoms with E-state index in [1.54, 1.807) is 6.92 Å². The molecular formula is C16H15F3O3. The molecule has 1 rings (SSSR count). The quantitative estimate of drug-likeness (QED) is 0.530. The van der Waals surface area contributed by atoms with Crippen LogP contribution >= 0.6 is 0 Å².